The van der Waals surface area contributed by atoms with Gasteiger partial charge in [-0.2, -0.15) is 14.9 Å². The molecule has 2 saturated heterocycles. The first kappa shape index (κ1) is 26.8. The standard InChI is InChI=1S/C26H31N7O5S2/c27-25-24(40(36,37)32-9-13-39(34,35)14-10-32)16-19(17-29-25)18-1-6-22-23(15-18)33(26(28)30-22)21-4-2-20(3-5-21)31-7-11-38-12-8-31/h1-6,15-17,34-35H,7-14H2,(H2,27,29)(H2,28,30). The van der Waals surface area contributed by atoms with E-state index in [-0.39, 0.29) is 35.3 Å². The third kappa shape index (κ3) is 4.98. The van der Waals surface area contributed by atoms with E-state index in [4.69, 9.17) is 16.2 Å². The zero-order chi connectivity index (χ0) is 28.1. The lowest BCUT2D eigenvalue weighted by Gasteiger charge is -2.40. The number of nitrogens with zero attached hydrogens (tertiary/aromatic N) is 5. The molecule has 4 heterocycles. The van der Waals surface area contributed by atoms with Gasteiger partial charge < -0.3 is 21.1 Å². The minimum absolute atomic E-state index is 0.00306. The van der Waals surface area contributed by atoms with E-state index in [9.17, 15) is 17.5 Å². The maximum Gasteiger partial charge on any atom is 0.246 e. The number of hydrogen-bond donors (Lipinski definition) is 4. The number of pyridine rings is 1. The lowest BCUT2D eigenvalue weighted by Crippen LogP contribution is -2.42. The molecule has 2 fully saturated rings. The molecule has 6 N–H and O–H groups in total. The topological polar surface area (TPSA) is 173 Å². The summed E-state index contributed by atoms with van der Waals surface area (Å²) >= 11 is 0. The molecule has 0 unspecified atom stereocenters. The number of nitrogen functional groups attached to an aromatic ring is 2. The fourth-order valence-electron chi connectivity index (χ4n) is 5.09. The van der Waals surface area contributed by atoms with Crippen LogP contribution in [0.4, 0.5) is 17.5 Å². The van der Waals surface area contributed by atoms with Gasteiger partial charge in [-0.05, 0) is 48.0 Å². The summed E-state index contributed by atoms with van der Waals surface area (Å²) in [5.41, 5.74) is 17.1. The zero-order valence-electron chi connectivity index (χ0n) is 21.7. The van der Waals surface area contributed by atoms with Crippen LogP contribution < -0.4 is 16.4 Å². The molecule has 40 heavy (non-hydrogen) atoms. The van der Waals surface area contributed by atoms with Crippen molar-refractivity contribution in [1.29, 1.82) is 0 Å². The van der Waals surface area contributed by atoms with E-state index >= 15 is 0 Å². The van der Waals surface area contributed by atoms with E-state index in [1.807, 2.05) is 34.9 Å². The van der Waals surface area contributed by atoms with Crippen LogP contribution >= 0.6 is 10.6 Å². The van der Waals surface area contributed by atoms with Crippen molar-refractivity contribution in [2.45, 2.75) is 4.90 Å². The van der Waals surface area contributed by atoms with Crippen LogP contribution in [0, 0.1) is 0 Å². The highest BCUT2D eigenvalue weighted by Gasteiger charge is 2.33. The van der Waals surface area contributed by atoms with Crippen molar-refractivity contribution < 1.29 is 22.3 Å². The molecule has 0 saturated carbocycles. The Bertz CT molecular complexity index is 1660. The highest BCUT2D eigenvalue weighted by molar-refractivity contribution is 8.24. The Kier molecular flexibility index (Phi) is 6.84. The molecular weight excluding hydrogens is 554 g/mol. The minimum atomic E-state index is -3.99. The van der Waals surface area contributed by atoms with E-state index < -0.39 is 20.6 Å². The molecule has 0 amide bonds. The van der Waals surface area contributed by atoms with Crippen molar-refractivity contribution in [3.8, 4) is 16.8 Å². The third-order valence-corrected chi connectivity index (χ3v) is 10.9. The first-order valence-electron chi connectivity index (χ1n) is 12.8. The molecule has 6 rings (SSSR count). The maximum absolute atomic E-state index is 13.4. The number of ether oxygens (including phenoxy) is 1. The van der Waals surface area contributed by atoms with Gasteiger partial charge in [0.05, 0.1) is 35.8 Å². The molecule has 0 spiro atoms. The maximum atomic E-state index is 13.4. The van der Waals surface area contributed by atoms with Gasteiger partial charge in [-0.25, -0.2) is 18.4 Å². The fourth-order valence-corrected chi connectivity index (χ4v) is 8.08. The van der Waals surface area contributed by atoms with Gasteiger partial charge in [0.1, 0.15) is 10.7 Å². The van der Waals surface area contributed by atoms with Gasteiger partial charge in [-0.1, -0.05) is 6.07 Å². The third-order valence-electron chi connectivity index (χ3n) is 7.33. The SMILES string of the molecule is Nc1ncc(-c2ccc3nc(N)n(-c4ccc(N5CCOCC5)cc4)c3c2)cc1S(=O)(=O)N1CCS(O)(O)CC1. The lowest BCUT2D eigenvalue weighted by atomic mass is 10.1. The normalized spacial score (nSPS) is 19.1. The number of hydrogen-bond acceptors (Lipinski definition) is 10. The summed E-state index contributed by atoms with van der Waals surface area (Å²) < 4.78 is 55.2. The second-order valence-electron chi connectivity index (χ2n) is 9.85. The van der Waals surface area contributed by atoms with Crippen LogP contribution in [0.3, 0.4) is 0 Å². The number of fused-ring (bicyclic) bond motifs is 1. The second kappa shape index (κ2) is 10.2. The summed E-state index contributed by atoms with van der Waals surface area (Å²) in [4.78, 5) is 10.9. The Morgan fingerprint density at radius 1 is 0.875 bits per heavy atom. The predicted molar refractivity (Wildman–Crippen MR) is 157 cm³/mol. The van der Waals surface area contributed by atoms with E-state index in [2.05, 4.69) is 27.0 Å². The van der Waals surface area contributed by atoms with Crippen LogP contribution in [-0.4, -0.2) is 87.3 Å². The Balaban J connectivity index is 1.34. The first-order valence-corrected chi connectivity index (χ1v) is 16.2. The summed E-state index contributed by atoms with van der Waals surface area (Å²) in [6.07, 6.45) is 1.53. The number of benzene rings is 2. The fraction of sp³-hybridized carbons (Fsp3) is 0.308. The van der Waals surface area contributed by atoms with Crippen LogP contribution in [-0.2, 0) is 14.8 Å². The average molecular weight is 586 g/mol. The minimum Gasteiger partial charge on any atom is -0.383 e. The van der Waals surface area contributed by atoms with E-state index in [1.54, 1.807) is 0 Å². The summed E-state index contributed by atoms with van der Waals surface area (Å²) in [5.74, 6) is 0.210. The van der Waals surface area contributed by atoms with Crippen molar-refractivity contribution in [3.63, 3.8) is 0 Å². The summed E-state index contributed by atoms with van der Waals surface area (Å²) in [6.45, 7) is 3.10. The molecule has 0 aliphatic carbocycles. The quantitative estimate of drug-likeness (QED) is 0.273. The van der Waals surface area contributed by atoms with Gasteiger partial charge in [-0.15, -0.1) is 0 Å². The molecule has 12 nitrogen and oxygen atoms in total. The molecule has 2 aromatic heterocycles. The molecule has 0 radical (unpaired) electrons. The Morgan fingerprint density at radius 2 is 1.55 bits per heavy atom. The van der Waals surface area contributed by atoms with Crippen LogP contribution in [0.2, 0.25) is 0 Å². The van der Waals surface area contributed by atoms with E-state index in [0.717, 1.165) is 35.5 Å². The summed E-state index contributed by atoms with van der Waals surface area (Å²) in [7, 11) is -6.74. The molecule has 0 bridgehead atoms. The van der Waals surface area contributed by atoms with Crippen LogP contribution in [0.15, 0.2) is 59.6 Å². The number of aromatic nitrogens is 3. The highest BCUT2D eigenvalue weighted by Crippen LogP contribution is 2.42. The van der Waals surface area contributed by atoms with Crippen LogP contribution in [0.5, 0.6) is 0 Å². The van der Waals surface area contributed by atoms with Crippen molar-refractivity contribution in [1.82, 2.24) is 18.8 Å². The lowest BCUT2D eigenvalue weighted by molar-refractivity contribution is 0.122. The van der Waals surface area contributed by atoms with Gasteiger partial charge in [0.15, 0.2) is 0 Å². The predicted octanol–water partition coefficient (Wildman–Crippen LogP) is 2.84. The number of sulfonamides is 1. The number of imidazole rings is 1. The number of morpholine rings is 1. The van der Waals surface area contributed by atoms with Gasteiger partial charge >= 0.3 is 0 Å². The molecule has 4 aromatic rings. The molecule has 0 atom stereocenters. The largest absolute Gasteiger partial charge is 0.383 e. The molecule has 212 valence electrons. The van der Waals surface area contributed by atoms with Crippen LogP contribution in [0.25, 0.3) is 27.8 Å². The zero-order valence-corrected chi connectivity index (χ0v) is 23.3. The van der Waals surface area contributed by atoms with Crippen molar-refractivity contribution in [3.05, 3.63) is 54.7 Å². The molecule has 14 heteroatoms. The number of rotatable bonds is 5. The monoisotopic (exact) mass is 585 g/mol. The Morgan fingerprint density at radius 3 is 2.25 bits per heavy atom. The Hall–Kier alpha value is -3.40. The highest BCUT2D eigenvalue weighted by atomic mass is 32.3. The second-order valence-corrected chi connectivity index (χ2v) is 14.2. The number of nitrogens with two attached hydrogens (primary N) is 2. The van der Waals surface area contributed by atoms with E-state index in [1.165, 1.54) is 16.6 Å². The summed E-state index contributed by atoms with van der Waals surface area (Å²) in [5, 5.41) is 0. The van der Waals surface area contributed by atoms with E-state index in [0.29, 0.717) is 30.2 Å². The van der Waals surface area contributed by atoms with Gasteiger partial charge in [-0.3, -0.25) is 13.7 Å². The smallest absolute Gasteiger partial charge is 0.246 e. The molecule has 2 aromatic carbocycles. The van der Waals surface area contributed by atoms with Gasteiger partial charge in [0.2, 0.25) is 16.0 Å². The average Bonchev–Trinajstić information content (AvgIpc) is 3.28. The summed E-state index contributed by atoms with van der Waals surface area (Å²) in [6, 6.07) is 15.2. The van der Waals surface area contributed by atoms with Gasteiger partial charge in [0.25, 0.3) is 0 Å². The Labute approximate surface area is 233 Å². The molecular formula is C26H31N7O5S2. The first-order chi connectivity index (χ1) is 19.1. The van der Waals surface area contributed by atoms with Crippen molar-refractivity contribution in [2.24, 2.45) is 0 Å². The number of anilines is 3. The molecule has 2 aliphatic rings. The van der Waals surface area contributed by atoms with Crippen molar-refractivity contribution >= 4 is 49.1 Å². The van der Waals surface area contributed by atoms with Gasteiger partial charge in [0, 0.05) is 49.3 Å². The van der Waals surface area contributed by atoms with Crippen molar-refractivity contribution in [2.75, 3.05) is 67.3 Å². The van der Waals surface area contributed by atoms with Crippen LogP contribution in [0.1, 0.15) is 0 Å². The molecule has 2 aliphatic heterocycles.